The Morgan fingerprint density at radius 3 is 2.61 bits per heavy atom. The monoisotopic (exact) mass is 422 g/mol. The highest BCUT2D eigenvalue weighted by molar-refractivity contribution is 5.39. The van der Waals surface area contributed by atoms with Crippen molar-refractivity contribution in [2.24, 2.45) is 28.6 Å². The largest absolute Gasteiger partial charge is 0.0993 e. The van der Waals surface area contributed by atoms with Gasteiger partial charge in [0.25, 0.3) is 0 Å². The second-order valence-corrected chi connectivity index (χ2v) is 11.9. The van der Waals surface area contributed by atoms with Crippen LogP contribution in [-0.2, 0) is 0 Å². The van der Waals surface area contributed by atoms with Crippen molar-refractivity contribution in [3.63, 3.8) is 0 Å². The van der Waals surface area contributed by atoms with Crippen LogP contribution in [0, 0.1) is 28.6 Å². The van der Waals surface area contributed by atoms with Gasteiger partial charge in [-0.1, -0.05) is 97.1 Å². The van der Waals surface area contributed by atoms with Gasteiger partial charge in [0.2, 0.25) is 0 Å². The van der Waals surface area contributed by atoms with Crippen molar-refractivity contribution in [1.82, 2.24) is 0 Å². The predicted molar refractivity (Wildman–Crippen MR) is 140 cm³/mol. The molecule has 2 fully saturated rings. The lowest BCUT2D eigenvalue weighted by Crippen LogP contribution is -2.30. The SMILES string of the molecule is C.C=C1/C(=C\C=C2/CCCC3(C)C(CCCC(=C)C(C)(C)C)=CCC23)CC(C)CC1C. The molecule has 0 aromatic heterocycles. The Kier molecular flexibility index (Phi) is 8.45. The third kappa shape index (κ3) is 5.74. The Morgan fingerprint density at radius 1 is 1.23 bits per heavy atom. The summed E-state index contributed by atoms with van der Waals surface area (Å²) in [7, 11) is 0. The van der Waals surface area contributed by atoms with Crippen LogP contribution in [0.5, 0.6) is 0 Å². The summed E-state index contributed by atoms with van der Waals surface area (Å²) < 4.78 is 0. The first-order valence-corrected chi connectivity index (χ1v) is 12.5. The Bertz CT molecular complexity index is 762. The Labute approximate surface area is 194 Å². The smallest absolute Gasteiger partial charge is 0.00478 e. The van der Waals surface area contributed by atoms with Gasteiger partial charge in [-0.2, -0.15) is 0 Å². The minimum Gasteiger partial charge on any atom is -0.0993 e. The average Bonchev–Trinajstić information content (AvgIpc) is 2.99. The zero-order chi connectivity index (χ0) is 22.1. The van der Waals surface area contributed by atoms with E-state index in [1.165, 1.54) is 68.1 Å². The van der Waals surface area contributed by atoms with Crippen LogP contribution in [0.3, 0.4) is 0 Å². The molecule has 2 saturated carbocycles. The van der Waals surface area contributed by atoms with E-state index in [9.17, 15) is 0 Å². The molecule has 4 unspecified atom stereocenters. The van der Waals surface area contributed by atoms with Gasteiger partial charge >= 0.3 is 0 Å². The van der Waals surface area contributed by atoms with E-state index < -0.39 is 0 Å². The molecule has 0 nitrogen and oxygen atoms in total. The van der Waals surface area contributed by atoms with Crippen LogP contribution in [0.4, 0.5) is 0 Å². The molecular weight excluding hydrogens is 372 g/mol. The van der Waals surface area contributed by atoms with Crippen molar-refractivity contribution >= 4 is 0 Å². The van der Waals surface area contributed by atoms with Crippen molar-refractivity contribution in [1.29, 1.82) is 0 Å². The third-order valence-electron chi connectivity index (χ3n) is 8.53. The van der Waals surface area contributed by atoms with Gasteiger partial charge in [0.1, 0.15) is 0 Å². The molecule has 3 rings (SSSR count). The fourth-order valence-corrected chi connectivity index (χ4v) is 6.20. The van der Waals surface area contributed by atoms with Gasteiger partial charge in [0, 0.05) is 0 Å². The van der Waals surface area contributed by atoms with Crippen molar-refractivity contribution in [3.8, 4) is 0 Å². The fraction of sp³-hybridized carbons (Fsp3) is 0.677. The standard InChI is InChI=1S/C30H46.CH4/c1-21-19-22(2)24(4)26(20-21)15-14-25-12-10-18-30(8)27(16-17-28(25)30)13-9-11-23(3)29(5,6)7;/h14-16,21-22,28H,3-4,9-13,17-20H2,1-2,5-8H3;1H4/b25-14+,26-15-;. The molecule has 0 spiro atoms. The zero-order valence-electron chi connectivity index (χ0n) is 20.7. The van der Waals surface area contributed by atoms with Gasteiger partial charge in [-0.15, -0.1) is 0 Å². The lowest BCUT2D eigenvalue weighted by molar-refractivity contribution is 0.228. The molecule has 0 heterocycles. The molecule has 0 aliphatic heterocycles. The van der Waals surface area contributed by atoms with Gasteiger partial charge in [-0.05, 0) is 97.5 Å². The van der Waals surface area contributed by atoms with E-state index >= 15 is 0 Å². The van der Waals surface area contributed by atoms with Gasteiger partial charge in [-0.25, -0.2) is 0 Å². The summed E-state index contributed by atoms with van der Waals surface area (Å²) in [5, 5.41) is 0. The van der Waals surface area contributed by atoms with E-state index in [1.54, 1.807) is 11.1 Å². The second kappa shape index (κ2) is 10.1. The van der Waals surface area contributed by atoms with Gasteiger partial charge in [0.05, 0.1) is 0 Å². The zero-order valence-corrected chi connectivity index (χ0v) is 20.7. The molecule has 0 radical (unpaired) electrons. The van der Waals surface area contributed by atoms with Crippen LogP contribution in [0.2, 0.25) is 0 Å². The van der Waals surface area contributed by atoms with E-state index in [0.29, 0.717) is 11.3 Å². The van der Waals surface area contributed by atoms with Gasteiger partial charge < -0.3 is 0 Å². The minimum atomic E-state index is 0. The molecule has 4 atom stereocenters. The summed E-state index contributed by atoms with van der Waals surface area (Å²) in [4.78, 5) is 0. The molecule has 3 aliphatic rings. The summed E-state index contributed by atoms with van der Waals surface area (Å²) in [5.41, 5.74) is 8.34. The number of allylic oxidation sites excluding steroid dienone is 8. The van der Waals surface area contributed by atoms with E-state index in [1.807, 2.05) is 0 Å². The molecule has 0 aromatic rings. The number of rotatable bonds is 5. The highest BCUT2D eigenvalue weighted by atomic mass is 14.5. The van der Waals surface area contributed by atoms with Crippen LogP contribution in [0.25, 0.3) is 0 Å². The van der Waals surface area contributed by atoms with E-state index in [0.717, 1.165) is 18.3 Å². The molecule has 0 bridgehead atoms. The normalized spacial score (nSPS) is 33.8. The number of fused-ring (bicyclic) bond motifs is 1. The van der Waals surface area contributed by atoms with Gasteiger partial charge in [0.15, 0.2) is 0 Å². The Balaban J connectivity index is 0.00000341. The maximum absolute atomic E-state index is 4.42. The molecule has 174 valence electrons. The molecule has 31 heavy (non-hydrogen) atoms. The summed E-state index contributed by atoms with van der Waals surface area (Å²) >= 11 is 0. The second-order valence-electron chi connectivity index (χ2n) is 11.9. The van der Waals surface area contributed by atoms with Crippen molar-refractivity contribution in [2.75, 3.05) is 0 Å². The summed E-state index contributed by atoms with van der Waals surface area (Å²) in [6, 6.07) is 0. The van der Waals surface area contributed by atoms with Crippen molar-refractivity contribution in [3.05, 3.63) is 59.3 Å². The Morgan fingerprint density at radius 2 is 1.94 bits per heavy atom. The average molecular weight is 423 g/mol. The first-order chi connectivity index (χ1) is 14.0. The van der Waals surface area contributed by atoms with Crippen LogP contribution in [0.1, 0.15) is 107 Å². The summed E-state index contributed by atoms with van der Waals surface area (Å²) in [6.45, 7) is 22.9. The number of hydrogen-bond donors (Lipinski definition) is 0. The third-order valence-corrected chi connectivity index (χ3v) is 8.53. The molecule has 0 amide bonds. The lowest BCUT2D eigenvalue weighted by atomic mass is 9.63. The maximum atomic E-state index is 4.42. The van der Waals surface area contributed by atoms with E-state index in [2.05, 4.69) is 72.9 Å². The van der Waals surface area contributed by atoms with Crippen LogP contribution in [-0.4, -0.2) is 0 Å². The molecule has 0 saturated heterocycles. The van der Waals surface area contributed by atoms with Crippen molar-refractivity contribution in [2.45, 2.75) is 107 Å². The molecule has 3 aliphatic carbocycles. The molecule has 0 N–H and O–H groups in total. The molecule has 0 aromatic carbocycles. The highest BCUT2D eigenvalue weighted by Crippen LogP contribution is 2.56. The first kappa shape index (κ1) is 26.0. The van der Waals surface area contributed by atoms with E-state index in [4.69, 9.17) is 0 Å². The molecular formula is C31H50. The lowest BCUT2D eigenvalue weighted by Gasteiger charge is -2.41. The maximum Gasteiger partial charge on any atom is -0.00478 e. The summed E-state index contributed by atoms with van der Waals surface area (Å²) in [5.74, 6) is 2.14. The summed E-state index contributed by atoms with van der Waals surface area (Å²) in [6.07, 6.45) is 18.9. The van der Waals surface area contributed by atoms with Crippen LogP contribution < -0.4 is 0 Å². The minimum absolute atomic E-state index is 0. The number of hydrogen-bond acceptors (Lipinski definition) is 0. The Hall–Kier alpha value is -1.30. The molecule has 0 heteroatoms. The van der Waals surface area contributed by atoms with Crippen molar-refractivity contribution < 1.29 is 0 Å². The highest BCUT2D eigenvalue weighted by Gasteiger charge is 2.44. The fourth-order valence-electron chi connectivity index (χ4n) is 6.20. The van der Waals surface area contributed by atoms with Gasteiger partial charge in [-0.3, -0.25) is 0 Å². The first-order valence-electron chi connectivity index (χ1n) is 12.5. The predicted octanol–water partition coefficient (Wildman–Crippen LogP) is 10.0. The van der Waals surface area contributed by atoms with E-state index in [-0.39, 0.29) is 12.8 Å². The quantitative estimate of drug-likeness (QED) is 0.386. The van der Waals surface area contributed by atoms with Crippen LogP contribution >= 0.6 is 0 Å². The van der Waals surface area contributed by atoms with Crippen LogP contribution in [0.15, 0.2) is 59.3 Å². The topological polar surface area (TPSA) is 0 Å².